The van der Waals surface area contributed by atoms with Crippen LogP contribution in [0.4, 0.5) is 5.69 Å². The summed E-state index contributed by atoms with van der Waals surface area (Å²) in [6.45, 7) is 2.01. The second-order valence-corrected chi connectivity index (χ2v) is 7.32. The first-order valence-electron chi connectivity index (χ1n) is 6.43. The van der Waals surface area contributed by atoms with E-state index in [0.29, 0.717) is 5.75 Å². The van der Waals surface area contributed by atoms with E-state index >= 15 is 0 Å². The molecule has 0 atom stereocenters. The van der Waals surface area contributed by atoms with Crippen LogP contribution in [0.25, 0.3) is 0 Å². The average molecular weight is 429 g/mol. The van der Waals surface area contributed by atoms with Crippen LogP contribution in [0.1, 0.15) is 11.1 Å². The molecule has 0 bridgehead atoms. The fraction of sp³-hybridized carbons (Fsp3) is 0.188. The fourth-order valence-corrected chi connectivity index (χ4v) is 4.23. The lowest BCUT2D eigenvalue weighted by Crippen LogP contribution is -2.15. The quantitative estimate of drug-likeness (QED) is 0.691. The zero-order chi connectivity index (χ0) is 15.2. The summed E-state index contributed by atoms with van der Waals surface area (Å²) in [6, 6.07) is 14.1. The molecule has 2 aromatic carbocycles. The number of anilines is 1. The molecule has 2 aromatic rings. The predicted octanol–water partition coefficient (Wildman–Crippen LogP) is 5.39. The van der Waals surface area contributed by atoms with E-state index in [1.54, 1.807) is 11.8 Å². The second kappa shape index (κ2) is 8.01. The largest absolute Gasteiger partial charge is 0.323 e. The molecule has 110 valence electrons. The van der Waals surface area contributed by atoms with Gasteiger partial charge in [-0.25, -0.2) is 0 Å². The minimum atomic E-state index is 0.00110. The number of thioether (sulfide) groups is 1. The van der Waals surface area contributed by atoms with Crippen molar-refractivity contribution in [1.82, 2.24) is 0 Å². The third kappa shape index (κ3) is 5.16. The lowest BCUT2D eigenvalue weighted by atomic mass is 10.2. The van der Waals surface area contributed by atoms with Crippen LogP contribution < -0.4 is 5.32 Å². The monoisotopic (exact) mass is 427 g/mol. The van der Waals surface area contributed by atoms with E-state index in [1.165, 1.54) is 5.56 Å². The number of hydrogen-bond donors (Lipinski definition) is 1. The highest BCUT2D eigenvalue weighted by Crippen LogP contribution is 2.32. The first-order chi connectivity index (χ1) is 10.1. The first-order valence-corrected chi connectivity index (χ1v) is 9.17. The van der Waals surface area contributed by atoms with Gasteiger partial charge in [-0.3, -0.25) is 4.79 Å². The van der Waals surface area contributed by atoms with Gasteiger partial charge in [-0.2, -0.15) is 0 Å². The van der Waals surface area contributed by atoms with Crippen LogP contribution in [-0.2, 0) is 10.5 Å². The molecule has 1 N–H and O–H groups in total. The number of amides is 1. The van der Waals surface area contributed by atoms with Gasteiger partial charge in [0, 0.05) is 14.7 Å². The van der Waals surface area contributed by atoms with Crippen LogP contribution in [0, 0.1) is 6.92 Å². The van der Waals surface area contributed by atoms with E-state index in [9.17, 15) is 4.79 Å². The van der Waals surface area contributed by atoms with Gasteiger partial charge >= 0.3 is 0 Å². The highest BCUT2D eigenvalue weighted by Gasteiger charge is 2.10. The van der Waals surface area contributed by atoms with E-state index in [0.717, 1.165) is 25.9 Å². The van der Waals surface area contributed by atoms with Crippen molar-refractivity contribution in [3.05, 3.63) is 62.5 Å². The maximum absolute atomic E-state index is 12.0. The van der Waals surface area contributed by atoms with Crippen molar-refractivity contribution < 1.29 is 4.79 Å². The maximum Gasteiger partial charge on any atom is 0.234 e. The van der Waals surface area contributed by atoms with E-state index in [2.05, 4.69) is 49.3 Å². The molecule has 0 heterocycles. The Balaban J connectivity index is 1.88. The Bertz CT molecular complexity index is 608. The van der Waals surface area contributed by atoms with Gasteiger partial charge < -0.3 is 5.32 Å². The number of aryl methyl sites for hydroxylation is 1. The van der Waals surface area contributed by atoms with Crippen LogP contribution >= 0.6 is 43.6 Å². The summed E-state index contributed by atoms with van der Waals surface area (Å²) in [4.78, 5) is 12.0. The number of rotatable bonds is 5. The van der Waals surface area contributed by atoms with Crippen LogP contribution in [0.15, 0.2) is 51.4 Å². The Labute approximate surface area is 146 Å². The topological polar surface area (TPSA) is 29.1 Å². The molecule has 0 aliphatic rings. The number of carbonyl (C=O) groups excluding carboxylic acids is 1. The van der Waals surface area contributed by atoms with Gasteiger partial charge in [0.2, 0.25) is 5.91 Å². The van der Waals surface area contributed by atoms with E-state index in [1.807, 2.05) is 37.3 Å². The minimum Gasteiger partial charge on any atom is -0.323 e. The summed E-state index contributed by atoms with van der Waals surface area (Å²) in [5.41, 5.74) is 3.14. The summed E-state index contributed by atoms with van der Waals surface area (Å²) in [5, 5.41) is 2.94. The van der Waals surface area contributed by atoms with E-state index in [-0.39, 0.29) is 5.91 Å². The highest BCUT2D eigenvalue weighted by atomic mass is 79.9. The number of carbonyl (C=O) groups is 1. The Morgan fingerprint density at radius 2 is 1.76 bits per heavy atom. The summed E-state index contributed by atoms with van der Waals surface area (Å²) in [5.74, 6) is 1.27. The van der Waals surface area contributed by atoms with Gasteiger partial charge in [0.05, 0.1) is 11.4 Å². The number of benzene rings is 2. The van der Waals surface area contributed by atoms with Crippen molar-refractivity contribution in [1.29, 1.82) is 0 Å². The molecule has 0 aliphatic heterocycles. The molecule has 0 saturated heterocycles. The van der Waals surface area contributed by atoms with E-state index < -0.39 is 0 Å². The minimum absolute atomic E-state index is 0.00110. The maximum atomic E-state index is 12.0. The van der Waals surface area contributed by atoms with Crippen LogP contribution in [-0.4, -0.2) is 11.7 Å². The first kappa shape index (κ1) is 16.6. The fourth-order valence-electron chi connectivity index (χ4n) is 1.83. The SMILES string of the molecule is Cc1cc(Br)c(NC(=O)CSCc2ccccc2)c(Br)c1. The van der Waals surface area contributed by atoms with Crippen molar-refractivity contribution in [3.63, 3.8) is 0 Å². The van der Waals surface area contributed by atoms with Crippen LogP contribution in [0.3, 0.4) is 0 Å². The lowest BCUT2D eigenvalue weighted by Gasteiger charge is -2.10. The van der Waals surface area contributed by atoms with Crippen molar-refractivity contribution in [2.45, 2.75) is 12.7 Å². The molecule has 5 heteroatoms. The number of nitrogens with one attached hydrogen (secondary N) is 1. The van der Waals surface area contributed by atoms with Gasteiger partial charge in [0.1, 0.15) is 0 Å². The molecule has 0 spiro atoms. The molecule has 0 unspecified atom stereocenters. The number of halogens is 2. The molecular formula is C16H15Br2NOS. The lowest BCUT2D eigenvalue weighted by molar-refractivity contribution is -0.113. The second-order valence-electron chi connectivity index (χ2n) is 4.63. The van der Waals surface area contributed by atoms with Gasteiger partial charge in [0.15, 0.2) is 0 Å². The van der Waals surface area contributed by atoms with Gasteiger partial charge in [-0.05, 0) is 62.0 Å². The van der Waals surface area contributed by atoms with Crippen LogP contribution in [0.2, 0.25) is 0 Å². The zero-order valence-electron chi connectivity index (χ0n) is 11.5. The molecule has 1 amide bonds. The molecule has 2 nitrogen and oxygen atoms in total. The third-order valence-electron chi connectivity index (χ3n) is 2.80. The summed E-state index contributed by atoms with van der Waals surface area (Å²) in [7, 11) is 0. The molecule has 0 fully saturated rings. The Morgan fingerprint density at radius 3 is 2.38 bits per heavy atom. The number of hydrogen-bond acceptors (Lipinski definition) is 2. The molecule has 2 rings (SSSR count). The predicted molar refractivity (Wildman–Crippen MR) is 97.8 cm³/mol. The summed E-state index contributed by atoms with van der Waals surface area (Å²) < 4.78 is 1.77. The van der Waals surface area contributed by atoms with Crippen LogP contribution in [0.5, 0.6) is 0 Å². The normalized spacial score (nSPS) is 10.4. The Morgan fingerprint density at radius 1 is 1.14 bits per heavy atom. The van der Waals surface area contributed by atoms with Gasteiger partial charge in [-0.1, -0.05) is 30.3 Å². The smallest absolute Gasteiger partial charge is 0.234 e. The van der Waals surface area contributed by atoms with Crippen molar-refractivity contribution in [2.75, 3.05) is 11.1 Å². The van der Waals surface area contributed by atoms with Crippen molar-refractivity contribution in [3.8, 4) is 0 Å². The third-order valence-corrected chi connectivity index (χ3v) is 5.05. The van der Waals surface area contributed by atoms with Crippen molar-refractivity contribution >= 4 is 55.2 Å². The van der Waals surface area contributed by atoms with E-state index in [4.69, 9.17) is 0 Å². The Kier molecular flexibility index (Phi) is 6.33. The zero-order valence-corrected chi connectivity index (χ0v) is 15.5. The molecule has 0 saturated carbocycles. The standard InChI is InChI=1S/C16H15Br2NOS/c1-11-7-13(17)16(14(18)8-11)19-15(20)10-21-9-12-5-3-2-4-6-12/h2-8H,9-10H2,1H3,(H,19,20). The molecule has 0 aromatic heterocycles. The Hall–Kier alpha value is -0.780. The molecule has 21 heavy (non-hydrogen) atoms. The highest BCUT2D eigenvalue weighted by molar-refractivity contribution is 9.11. The summed E-state index contributed by atoms with van der Waals surface area (Å²) >= 11 is 8.57. The molecule has 0 aliphatic carbocycles. The van der Waals surface area contributed by atoms with Gasteiger partial charge in [0.25, 0.3) is 0 Å². The average Bonchev–Trinajstić information content (AvgIpc) is 2.44. The summed E-state index contributed by atoms with van der Waals surface area (Å²) in [6.07, 6.45) is 0. The van der Waals surface area contributed by atoms with Crippen molar-refractivity contribution in [2.24, 2.45) is 0 Å². The van der Waals surface area contributed by atoms with Gasteiger partial charge in [-0.15, -0.1) is 11.8 Å². The molecular weight excluding hydrogens is 414 g/mol. The molecule has 0 radical (unpaired) electrons.